The molecule has 0 aromatic heterocycles. The van der Waals surface area contributed by atoms with Gasteiger partial charge >= 0.3 is 6.09 Å². The number of cyclic esters (lactones) is 1. The highest BCUT2D eigenvalue weighted by atomic mass is 32.2. The van der Waals surface area contributed by atoms with Gasteiger partial charge < -0.3 is 4.74 Å². The molecular formula is C18H20N2O4S. The SMILES string of the molecule is CCc1ccc(N2CC(CNS(=O)(=O)c3ccccc3)OC2=O)cc1. The van der Waals surface area contributed by atoms with E-state index in [1.807, 2.05) is 24.3 Å². The predicted octanol–water partition coefficient (Wildman–Crippen LogP) is 2.55. The van der Waals surface area contributed by atoms with Crippen LogP contribution >= 0.6 is 0 Å². The van der Waals surface area contributed by atoms with Crippen LogP contribution in [-0.4, -0.2) is 33.7 Å². The Hall–Kier alpha value is -2.38. The zero-order valence-corrected chi connectivity index (χ0v) is 14.7. The molecule has 0 bridgehead atoms. The van der Waals surface area contributed by atoms with Gasteiger partial charge in [0.2, 0.25) is 10.0 Å². The summed E-state index contributed by atoms with van der Waals surface area (Å²) in [5, 5.41) is 0. The molecule has 1 aliphatic heterocycles. The Balaban J connectivity index is 1.63. The highest BCUT2D eigenvalue weighted by Crippen LogP contribution is 2.22. The van der Waals surface area contributed by atoms with Crippen molar-refractivity contribution in [1.82, 2.24) is 4.72 Å². The smallest absolute Gasteiger partial charge is 0.414 e. The molecule has 3 rings (SSSR count). The molecule has 0 spiro atoms. The van der Waals surface area contributed by atoms with Crippen molar-refractivity contribution in [2.75, 3.05) is 18.0 Å². The highest BCUT2D eigenvalue weighted by molar-refractivity contribution is 7.89. The van der Waals surface area contributed by atoms with Crippen LogP contribution in [0.25, 0.3) is 0 Å². The first kappa shape index (κ1) is 17.4. The van der Waals surface area contributed by atoms with Crippen molar-refractivity contribution < 1.29 is 17.9 Å². The quantitative estimate of drug-likeness (QED) is 0.859. The van der Waals surface area contributed by atoms with Crippen LogP contribution < -0.4 is 9.62 Å². The number of hydrogen-bond acceptors (Lipinski definition) is 4. The van der Waals surface area contributed by atoms with Crippen molar-refractivity contribution in [2.45, 2.75) is 24.3 Å². The summed E-state index contributed by atoms with van der Waals surface area (Å²) in [6, 6.07) is 15.8. The number of hydrogen-bond donors (Lipinski definition) is 1. The van der Waals surface area contributed by atoms with Gasteiger partial charge in [-0.3, -0.25) is 4.90 Å². The van der Waals surface area contributed by atoms with Gasteiger partial charge in [-0.1, -0.05) is 37.3 Å². The van der Waals surface area contributed by atoms with Crippen LogP contribution in [0.1, 0.15) is 12.5 Å². The summed E-state index contributed by atoms with van der Waals surface area (Å²) >= 11 is 0. The number of carbonyl (C=O) groups excluding carboxylic acids is 1. The highest BCUT2D eigenvalue weighted by Gasteiger charge is 2.33. The summed E-state index contributed by atoms with van der Waals surface area (Å²) in [4.78, 5) is 13.8. The zero-order chi connectivity index (χ0) is 17.9. The summed E-state index contributed by atoms with van der Waals surface area (Å²) in [6.07, 6.45) is -0.0702. The number of carbonyl (C=O) groups is 1. The molecule has 1 amide bonds. The van der Waals surface area contributed by atoms with E-state index in [4.69, 9.17) is 4.74 Å². The molecule has 132 valence electrons. The molecule has 7 heteroatoms. The Morgan fingerprint density at radius 2 is 1.80 bits per heavy atom. The van der Waals surface area contributed by atoms with Crippen LogP contribution in [-0.2, 0) is 21.2 Å². The van der Waals surface area contributed by atoms with E-state index >= 15 is 0 Å². The van der Waals surface area contributed by atoms with Crippen LogP contribution in [0, 0.1) is 0 Å². The van der Waals surface area contributed by atoms with Gasteiger partial charge in [-0.05, 0) is 36.2 Å². The number of rotatable bonds is 6. The summed E-state index contributed by atoms with van der Waals surface area (Å²) in [6.45, 7) is 2.40. The maximum atomic E-state index is 12.2. The largest absolute Gasteiger partial charge is 0.443 e. The number of amides is 1. The number of sulfonamides is 1. The lowest BCUT2D eigenvalue weighted by atomic mass is 10.1. The molecule has 2 aromatic rings. The average molecular weight is 360 g/mol. The molecular weight excluding hydrogens is 340 g/mol. The number of ether oxygens (including phenoxy) is 1. The standard InChI is InChI=1S/C18H20N2O4S/c1-2-14-8-10-15(11-9-14)20-13-16(24-18(20)21)12-19-25(22,23)17-6-4-3-5-7-17/h3-11,16,19H,2,12-13H2,1H3. The van der Waals surface area contributed by atoms with Crippen LogP contribution in [0.3, 0.4) is 0 Å². The van der Waals surface area contributed by atoms with E-state index in [2.05, 4.69) is 11.6 Å². The maximum Gasteiger partial charge on any atom is 0.414 e. The summed E-state index contributed by atoms with van der Waals surface area (Å²) in [5.74, 6) is 0. The van der Waals surface area contributed by atoms with Gasteiger partial charge in [0.15, 0.2) is 0 Å². The molecule has 6 nitrogen and oxygen atoms in total. The molecule has 1 heterocycles. The fourth-order valence-corrected chi connectivity index (χ4v) is 3.72. The minimum Gasteiger partial charge on any atom is -0.443 e. The van der Waals surface area contributed by atoms with Crippen LogP contribution in [0.2, 0.25) is 0 Å². The molecule has 1 unspecified atom stereocenters. The fourth-order valence-electron chi connectivity index (χ4n) is 2.64. The molecule has 0 aliphatic carbocycles. The van der Waals surface area contributed by atoms with Gasteiger partial charge in [-0.2, -0.15) is 0 Å². The van der Waals surface area contributed by atoms with E-state index in [-0.39, 0.29) is 11.4 Å². The normalized spacial score (nSPS) is 17.6. The lowest BCUT2D eigenvalue weighted by Crippen LogP contribution is -2.34. The Morgan fingerprint density at radius 1 is 1.12 bits per heavy atom. The molecule has 2 aromatic carbocycles. The van der Waals surface area contributed by atoms with Gasteiger partial charge in [-0.25, -0.2) is 17.9 Å². The fraction of sp³-hybridized carbons (Fsp3) is 0.278. The number of benzene rings is 2. The second-order valence-electron chi connectivity index (χ2n) is 5.80. The van der Waals surface area contributed by atoms with E-state index in [1.54, 1.807) is 18.2 Å². The molecule has 1 saturated heterocycles. The van der Waals surface area contributed by atoms with Gasteiger partial charge in [0.1, 0.15) is 6.10 Å². The van der Waals surface area contributed by atoms with Gasteiger partial charge in [0.05, 0.1) is 11.4 Å². The Labute approximate surface area is 147 Å². The molecule has 1 fully saturated rings. The number of anilines is 1. The van der Waals surface area contributed by atoms with Crippen molar-refractivity contribution in [1.29, 1.82) is 0 Å². The molecule has 1 N–H and O–H groups in total. The Kier molecular flexibility index (Phi) is 5.06. The molecule has 0 saturated carbocycles. The Bertz CT molecular complexity index is 835. The molecule has 1 aliphatic rings. The van der Waals surface area contributed by atoms with Crippen molar-refractivity contribution in [3.8, 4) is 0 Å². The van der Waals surface area contributed by atoms with Crippen LogP contribution in [0.5, 0.6) is 0 Å². The Morgan fingerprint density at radius 3 is 2.44 bits per heavy atom. The lowest BCUT2D eigenvalue weighted by molar-refractivity contribution is 0.143. The molecule has 0 radical (unpaired) electrons. The number of aryl methyl sites for hydroxylation is 1. The van der Waals surface area contributed by atoms with E-state index in [0.29, 0.717) is 6.54 Å². The number of nitrogens with zero attached hydrogens (tertiary/aromatic N) is 1. The van der Waals surface area contributed by atoms with Gasteiger partial charge in [0.25, 0.3) is 0 Å². The summed E-state index contributed by atoms with van der Waals surface area (Å²) in [5.41, 5.74) is 1.93. The minimum absolute atomic E-state index is 0.0342. The first-order valence-electron chi connectivity index (χ1n) is 8.11. The monoisotopic (exact) mass is 360 g/mol. The second kappa shape index (κ2) is 7.25. The van der Waals surface area contributed by atoms with E-state index in [9.17, 15) is 13.2 Å². The van der Waals surface area contributed by atoms with Crippen molar-refractivity contribution in [2.24, 2.45) is 0 Å². The van der Waals surface area contributed by atoms with Crippen LogP contribution in [0.15, 0.2) is 59.5 Å². The molecule has 1 atom stereocenters. The van der Waals surface area contributed by atoms with Crippen molar-refractivity contribution in [3.05, 3.63) is 60.2 Å². The van der Waals surface area contributed by atoms with Crippen molar-refractivity contribution >= 4 is 21.8 Å². The summed E-state index contributed by atoms with van der Waals surface area (Å²) < 4.78 is 32.2. The molecule has 25 heavy (non-hydrogen) atoms. The topological polar surface area (TPSA) is 75.7 Å². The lowest BCUT2D eigenvalue weighted by Gasteiger charge is -2.13. The average Bonchev–Trinajstić information content (AvgIpc) is 3.02. The first-order valence-corrected chi connectivity index (χ1v) is 9.59. The minimum atomic E-state index is -3.62. The third-order valence-corrected chi connectivity index (χ3v) is 5.52. The third kappa shape index (κ3) is 4.00. The third-order valence-electron chi connectivity index (χ3n) is 4.08. The van der Waals surface area contributed by atoms with E-state index in [0.717, 1.165) is 12.1 Å². The predicted molar refractivity (Wildman–Crippen MR) is 95.1 cm³/mol. The second-order valence-corrected chi connectivity index (χ2v) is 7.57. The maximum absolute atomic E-state index is 12.2. The van der Waals surface area contributed by atoms with Crippen molar-refractivity contribution in [3.63, 3.8) is 0 Å². The van der Waals surface area contributed by atoms with Crippen LogP contribution in [0.4, 0.5) is 10.5 Å². The number of nitrogens with one attached hydrogen (secondary N) is 1. The van der Waals surface area contributed by atoms with E-state index in [1.165, 1.54) is 22.6 Å². The van der Waals surface area contributed by atoms with Gasteiger partial charge in [-0.15, -0.1) is 0 Å². The first-order chi connectivity index (χ1) is 12.0. The zero-order valence-electron chi connectivity index (χ0n) is 13.9. The van der Waals surface area contributed by atoms with E-state index < -0.39 is 22.2 Å². The van der Waals surface area contributed by atoms with Gasteiger partial charge in [0, 0.05) is 12.2 Å². The summed E-state index contributed by atoms with van der Waals surface area (Å²) in [7, 11) is -3.62.